The average molecular weight is 247 g/mol. The molecule has 1 rings (SSSR count). The van der Waals surface area contributed by atoms with Crippen molar-refractivity contribution in [2.75, 3.05) is 32.5 Å². The maximum atomic E-state index is 12.2. The fraction of sp³-hybridized carbons (Fsp3) is 0.818. The average Bonchev–Trinajstić information content (AvgIpc) is 2.65. The second-order valence-corrected chi connectivity index (χ2v) is 6.11. The zero-order chi connectivity index (χ0) is 12.2. The van der Waals surface area contributed by atoms with Gasteiger partial charge in [0.1, 0.15) is 0 Å². The van der Waals surface area contributed by atoms with Gasteiger partial charge in [0, 0.05) is 18.8 Å². The fourth-order valence-electron chi connectivity index (χ4n) is 1.84. The largest absolute Gasteiger partial charge is 0.375 e. The summed E-state index contributed by atoms with van der Waals surface area (Å²) in [7, 11) is -2.86. The van der Waals surface area contributed by atoms with Crippen LogP contribution in [0.1, 0.15) is 27.7 Å². The van der Waals surface area contributed by atoms with Gasteiger partial charge in [-0.1, -0.05) is 5.57 Å². The van der Waals surface area contributed by atoms with Crippen molar-refractivity contribution >= 4 is 7.60 Å². The Morgan fingerprint density at radius 1 is 1.19 bits per heavy atom. The molecule has 1 aliphatic heterocycles. The molecule has 0 aromatic rings. The molecule has 0 amide bonds. The highest BCUT2D eigenvalue weighted by Crippen LogP contribution is 2.53. The predicted molar refractivity (Wildman–Crippen MR) is 65.7 cm³/mol. The van der Waals surface area contributed by atoms with Gasteiger partial charge in [-0.2, -0.15) is 0 Å². The molecule has 1 saturated heterocycles. The second kappa shape index (κ2) is 5.85. The van der Waals surface area contributed by atoms with E-state index in [0.717, 1.165) is 18.8 Å². The Bertz CT molecular complexity index is 296. The first-order valence-corrected chi connectivity index (χ1v) is 7.54. The Kier molecular flexibility index (Phi) is 5.03. The molecule has 0 spiro atoms. The van der Waals surface area contributed by atoms with Crippen LogP contribution in [0.5, 0.6) is 0 Å². The van der Waals surface area contributed by atoms with Gasteiger partial charge in [0.15, 0.2) is 0 Å². The molecule has 5 heteroatoms. The van der Waals surface area contributed by atoms with Gasteiger partial charge in [-0.25, -0.2) is 0 Å². The molecular weight excluding hydrogens is 225 g/mol. The minimum atomic E-state index is -2.86. The zero-order valence-electron chi connectivity index (χ0n) is 10.7. The minimum absolute atomic E-state index is 0.400. The monoisotopic (exact) mass is 247 g/mol. The summed E-state index contributed by atoms with van der Waals surface area (Å²) in [5.41, 5.74) is 2.27. The van der Waals surface area contributed by atoms with Crippen molar-refractivity contribution in [1.29, 1.82) is 0 Å². The van der Waals surface area contributed by atoms with Crippen LogP contribution in [0.2, 0.25) is 0 Å². The third-order valence-corrected chi connectivity index (χ3v) is 4.56. The van der Waals surface area contributed by atoms with Crippen LogP contribution in [0.4, 0.5) is 0 Å². The Hall–Kier alpha value is -0.310. The van der Waals surface area contributed by atoms with Crippen LogP contribution < -0.4 is 0 Å². The first kappa shape index (κ1) is 13.8. The van der Waals surface area contributed by atoms with Crippen molar-refractivity contribution in [3.63, 3.8) is 0 Å². The number of rotatable bonds is 5. The van der Waals surface area contributed by atoms with E-state index in [2.05, 4.69) is 18.7 Å². The Labute approximate surface area is 98.1 Å². The van der Waals surface area contributed by atoms with E-state index < -0.39 is 7.60 Å². The van der Waals surface area contributed by atoms with Crippen LogP contribution in [-0.2, 0) is 13.6 Å². The van der Waals surface area contributed by atoms with Crippen molar-refractivity contribution in [2.24, 2.45) is 0 Å². The maximum absolute atomic E-state index is 12.2. The Morgan fingerprint density at radius 3 is 2.06 bits per heavy atom. The van der Waals surface area contributed by atoms with Gasteiger partial charge in [-0.05, 0) is 27.7 Å². The molecule has 0 radical (unpaired) electrons. The van der Waals surface area contributed by atoms with Gasteiger partial charge in [0.05, 0.1) is 19.4 Å². The van der Waals surface area contributed by atoms with E-state index in [1.165, 1.54) is 5.57 Å². The summed E-state index contributed by atoms with van der Waals surface area (Å²) >= 11 is 0. The molecule has 0 aromatic carbocycles. The zero-order valence-corrected chi connectivity index (χ0v) is 11.5. The standard InChI is InChI=1S/C11H22NO3P/c1-5-12(6-2)11(10(3)4)9-16(13)14-7-8-15-16/h5-9H2,1-4H3. The summed E-state index contributed by atoms with van der Waals surface area (Å²) in [6.07, 6.45) is 0.400. The topological polar surface area (TPSA) is 38.8 Å². The van der Waals surface area contributed by atoms with Crippen molar-refractivity contribution in [3.05, 3.63) is 11.3 Å². The third-order valence-electron chi connectivity index (χ3n) is 2.73. The summed E-state index contributed by atoms with van der Waals surface area (Å²) in [4.78, 5) is 2.21. The van der Waals surface area contributed by atoms with Crippen LogP contribution in [0.25, 0.3) is 0 Å². The lowest BCUT2D eigenvalue weighted by Crippen LogP contribution is -2.25. The normalized spacial score (nSPS) is 18.5. The molecule has 0 aliphatic carbocycles. The van der Waals surface area contributed by atoms with Gasteiger partial charge in [-0.15, -0.1) is 0 Å². The molecule has 0 saturated carbocycles. The lowest BCUT2D eigenvalue weighted by Gasteiger charge is -2.27. The molecule has 0 aromatic heterocycles. The van der Waals surface area contributed by atoms with E-state index in [1.54, 1.807) is 0 Å². The highest BCUT2D eigenvalue weighted by atomic mass is 31.2. The first-order valence-electron chi connectivity index (χ1n) is 5.82. The third kappa shape index (κ3) is 3.34. The van der Waals surface area contributed by atoms with Crippen LogP contribution in [0, 0.1) is 0 Å². The SMILES string of the molecule is CCN(CC)C(CP1(=O)OCCO1)=C(C)C. The molecule has 0 N–H and O–H groups in total. The number of hydrogen-bond acceptors (Lipinski definition) is 4. The number of allylic oxidation sites excluding steroid dienone is 2. The van der Waals surface area contributed by atoms with Crippen molar-refractivity contribution in [1.82, 2.24) is 4.90 Å². The van der Waals surface area contributed by atoms with Gasteiger partial charge in [0.2, 0.25) is 0 Å². The van der Waals surface area contributed by atoms with Crippen LogP contribution >= 0.6 is 7.60 Å². The maximum Gasteiger partial charge on any atom is 0.336 e. The Balaban J connectivity index is 2.80. The smallest absolute Gasteiger partial charge is 0.336 e. The molecule has 16 heavy (non-hydrogen) atoms. The highest BCUT2D eigenvalue weighted by molar-refractivity contribution is 7.54. The van der Waals surface area contributed by atoms with Crippen LogP contribution in [-0.4, -0.2) is 37.4 Å². The molecular formula is C11H22NO3P. The van der Waals surface area contributed by atoms with Gasteiger partial charge in [-0.3, -0.25) is 4.57 Å². The van der Waals surface area contributed by atoms with E-state index in [9.17, 15) is 4.57 Å². The molecule has 1 aliphatic rings. The molecule has 0 bridgehead atoms. The summed E-state index contributed by atoms with van der Waals surface area (Å²) in [5, 5.41) is 0. The van der Waals surface area contributed by atoms with Crippen LogP contribution in [0.15, 0.2) is 11.3 Å². The lowest BCUT2D eigenvalue weighted by molar-refractivity contribution is 0.337. The molecule has 1 heterocycles. The summed E-state index contributed by atoms with van der Waals surface area (Å²) < 4.78 is 22.6. The lowest BCUT2D eigenvalue weighted by atomic mass is 10.2. The van der Waals surface area contributed by atoms with Crippen LogP contribution in [0.3, 0.4) is 0 Å². The van der Waals surface area contributed by atoms with Crippen molar-refractivity contribution in [3.8, 4) is 0 Å². The quantitative estimate of drug-likeness (QED) is 0.700. The predicted octanol–water partition coefficient (Wildman–Crippen LogP) is 2.86. The van der Waals surface area contributed by atoms with E-state index in [4.69, 9.17) is 9.05 Å². The summed E-state index contributed by atoms with van der Waals surface area (Å²) in [6, 6.07) is 0. The van der Waals surface area contributed by atoms with Gasteiger partial charge >= 0.3 is 7.60 Å². The van der Waals surface area contributed by atoms with Gasteiger partial charge < -0.3 is 13.9 Å². The molecule has 0 unspecified atom stereocenters. The first-order chi connectivity index (χ1) is 7.52. The Morgan fingerprint density at radius 2 is 1.69 bits per heavy atom. The molecule has 0 atom stereocenters. The fourth-order valence-corrected chi connectivity index (χ4v) is 3.69. The highest BCUT2D eigenvalue weighted by Gasteiger charge is 2.32. The van der Waals surface area contributed by atoms with E-state index >= 15 is 0 Å². The molecule has 1 fully saturated rings. The summed E-state index contributed by atoms with van der Waals surface area (Å²) in [5.74, 6) is 0. The minimum Gasteiger partial charge on any atom is -0.375 e. The second-order valence-electron chi connectivity index (χ2n) is 4.05. The van der Waals surface area contributed by atoms with E-state index in [-0.39, 0.29) is 0 Å². The van der Waals surface area contributed by atoms with E-state index in [0.29, 0.717) is 19.4 Å². The van der Waals surface area contributed by atoms with Crippen molar-refractivity contribution in [2.45, 2.75) is 27.7 Å². The number of nitrogens with zero attached hydrogens (tertiary/aromatic N) is 1. The van der Waals surface area contributed by atoms with Gasteiger partial charge in [0.25, 0.3) is 0 Å². The molecule has 4 nitrogen and oxygen atoms in total. The molecule has 94 valence electrons. The summed E-state index contributed by atoms with van der Waals surface area (Å²) in [6.45, 7) is 11.0. The van der Waals surface area contributed by atoms with Crippen molar-refractivity contribution < 1.29 is 13.6 Å². The number of hydrogen-bond donors (Lipinski definition) is 0. The van der Waals surface area contributed by atoms with E-state index in [1.807, 2.05) is 13.8 Å².